The van der Waals surface area contributed by atoms with Crippen molar-refractivity contribution in [2.45, 2.75) is 6.54 Å². The molecule has 0 aliphatic rings. The number of hydrogen-bond donors (Lipinski definition) is 0. The van der Waals surface area contributed by atoms with Gasteiger partial charge in [-0.25, -0.2) is 0 Å². The molecule has 2 aromatic rings. The Kier molecular flexibility index (Phi) is 3.84. The first-order chi connectivity index (χ1) is 9.40. The summed E-state index contributed by atoms with van der Waals surface area (Å²) in [6, 6.07) is 4.56. The van der Waals surface area contributed by atoms with E-state index in [-0.39, 0.29) is 12.2 Å². The lowest BCUT2D eigenvalue weighted by Gasteiger charge is -2.06. The predicted molar refractivity (Wildman–Crippen MR) is 75.8 cm³/mol. The fourth-order valence-corrected chi connectivity index (χ4v) is 2.10. The number of nitro benzene ring substituents is 1. The highest BCUT2D eigenvalue weighted by molar-refractivity contribution is 9.10. The van der Waals surface area contributed by atoms with Crippen LogP contribution in [0, 0.1) is 10.1 Å². The van der Waals surface area contributed by atoms with Gasteiger partial charge in [0.05, 0.1) is 15.9 Å². The van der Waals surface area contributed by atoms with Crippen LogP contribution in [0.25, 0.3) is 0 Å². The number of halogens is 1. The van der Waals surface area contributed by atoms with Gasteiger partial charge >= 0.3 is 11.1 Å². The molecule has 0 saturated carbocycles. The summed E-state index contributed by atoms with van der Waals surface area (Å²) in [5, 5.41) is 10.8. The van der Waals surface area contributed by atoms with Crippen LogP contribution in [0.5, 0.6) is 0 Å². The molecule has 0 spiro atoms. The molecule has 1 aromatic carbocycles. The molecule has 0 bridgehead atoms. The van der Waals surface area contributed by atoms with Gasteiger partial charge in [0.1, 0.15) is 0 Å². The molecular formula is C12H10BrN3O4. The molecule has 1 aromatic heterocycles. The normalized spacial score (nSPS) is 10.5. The second-order valence-corrected chi connectivity index (χ2v) is 5.04. The van der Waals surface area contributed by atoms with E-state index in [4.69, 9.17) is 0 Å². The molecule has 0 radical (unpaired) electrons. The Morgan fingerprint density at radius 2 is 1.95 bits per heavy atom. The van der Waals surface area contributed by atoms with Crippen molar-refractivity contribution in [3.8, 4) is 0 Å². The summed E-state index contributed by atoms with van der Waals surface area (Å²) in [6.07, 6.45) is 2.94. The number of benzene rings is 1. The van der Waals surface area contributed by atoms with E-state index < -0.39 is 16.0 Å². The quantitative estimate of drug-likeness (QED) is 0.478. The standard InChI is InChI=1S/C12H10BrN3O4/c1-14-4-5-15(12(18)11(14)17)7-8-2-3-9(13)10(6-8)16(19)20/h2-6H,7H2,1H3. The summed E-state index contributed by atoms with van der Waals surface area (Å²) in [7, 11) is 1.48. The predicted octanol–water partition coefficient (Wildman–Crippen LogP) is 1.27. The van der Waals surface area contributed by atoms with Crippen molar-refractivity contribution in [1.29, 1.82) is 0 Å². The number of hydrogen-bond acceptors (Lipinski definition) is 4. The van der Waals surface area contributed by atoms with Gasteiger partial charge in [-0.1, -0.05) is 6.07 Å². The smallest absolute Gasteiger partial charge is 0.312 e. The first kappa shape index (κ1) is 14.2. The van der Waals surface area contributed by atoms with E-state index in [0.717, 1.165) is 0 Å². The molecule has 20 heavy (non-hydrogen) atoms. The van der Waals surface area contributed by atoms with Gasteiger partial charge in [-0.15, -0.1) is 0 Å². The minimum atomic E-state index is -0.666. The number of rotatable bonds is 3. The van der Waals surface area contributed by atoms with Crippen LogP contribution in [-0.4, -0.2) is 14.1 Å². The second kappa shape index (κ2) is 5.41. The fourth-order valence-electron chi connectivity index (χ4n) is 1.71. The zero-order valence-corrected chi connectivity index (χ0v) is 12.0. The zero-order valence-electron chi connectivity index (χ0n) is 10.4. The van der Waals surface area contributed by atoms with Gasteiger partial charge < -0.3 is 9.13 Å². The molecular weight excluding hydrogens is 330 g/mol. The zero-order chi connectivity index (χ0) is 14.9. The number of nitrogens with zero attached hydrogens (tertiary/aromatic N) is 3. The van der Waals surface area contributed by atoms with Crippen LogP contribution in [0.3, 0.4) is 0 Å². The molecule has 0 amide bonds. The highest BCUT2D eigenvalue weighted by Crippen LogP contribution is 2.25. The number of aryl methyl sites for hydroxylation is 1. The molecule has 0 aliphatic carbocycles. The van der Waals surface area contributed by atoms with E-state index in [1.54, 1.807) is 12.1 Å². The topological polar surface area (TPSA) is 87.1 Å². The van der Waals surface area contributed by atoms with Crippen LogP contribution in [0.1, 0.15) is 5.56 Å². The van der Waals surface area contributed by atoms with Crippen molar-refractivity contribution >= 4 is 21.6 Å². The lowest BCUT2D eigenvalue weighted by Crippen LogP contribution is -2.39. The lowest BCUT2D eigenvalue weighted by molar-refractivity contribution is -0.385. The van der Waals surface area contributed by atoms with E-state index in [2.05, 4.69) is 15.9 Å². The Balaban J connectivity index is 2.43. The number of nitro groups is 1. The maximum Gasteiger partial charge on any atom is 0.316 e. The van der Waals surface area contributed by atoms with Gasteiger partial charge in [0.15, 0.2) is 0 Å². The molecule has 0 fully saturated rings. The third-order valence-electron chi connectivity index (χ3n) is 2.79. The second-order valence-electron chi connectivity index (χ2n) is 4.19. The highest BCUT2D eigenvalue weighted by atomic mass is 79.9. The summed E-state index contributed by atoms with van der Waals surface area (Å²) in [6.45, 7) is 0.100. The van der Waals surface area contributed by atoms with Gasteiger partial charge in [0.2, 0.25) is 0 Å². The number of aromatic nitrogens is 2. The van der Waals surface area contributed by atoms with Crippen LogP contribution >= 0.6 is 15.9 Å². The Hall–Kier alpha value is -2.22. The largest absolute Gasteiger partial charge is 0.316 e. The summed E-state index contributed by atoms with van der Waals surface area (Å²) in [4.78, 5) is 33.6. The van der Waals surface area contributed by atoms with Gasteiger partial charge in [-0.2, -0.15) is 0 Å². The molecule has 1 heterocycles. The summed E-state index contributed by atoms with van der Waals surface area (Å²) in [5.74, 6) is 0. The van der Waals surface area contributed by atoms with Crippen LogP contribution < -0.4 is 11.1 Å². The van der Waals surface area contributed by atoms with Crippen molar-refractivity contribution in [1.82, 2.24) is 9.13 Å². The Morgan fingerprint density at radius 1 is 1.25 bits per heavy atom. The first-order valence-electron chi connectivity index (χ1n) is 5.59. The Morgan fingerprint density at radius 3 is 2.60 bits per heavy atom. The SMILES string of the molecule is Cn1ccn(Cc2ccc(Br)c([N+](=O)[O-])c2)c(=O)c1=O. The molecule has 104 valence electrons. The molecule has 0 unspecified atom stereocenters. The summed E-state index contributed by atoms with van der Waals surface area (Å²) in [5.41, 5.74) is -0.825. The maximum absolute atomic E-state index is 11.8. The highest BCUT2D eigenvalue weighted by Gasteiger charge is 2.13. The van der Waals surface area contributed by atoms with Gasteiger partial charge in [-0.3, -0.25) is 19.7 Å². The van der Waals surface area contributed by atoms with E-state index >= 15 is 0 Å². The van der Waals surface area contributed by atoms with Crippen LogP contribution in [0.15, 0.2) is 44.7 Å². The minimum absolute atomic E-state index is 0.0839. The summed E-state index contributed by atoms with van der Waals surface area (Å²) >= 11 is 3.09. The fraction of sp³-hybridized carbons (Fsp3) is 0.167. The van der Waals surface area contributed by atoms with Crippen molar-refractivity contribution in [3.05, 3.63) is 71.5 Å². The molecule has 8 heteroatoms. The van der Waals surface area contributed by atoms with Crippen LogP contribution in [0.4, 0.5) is 5.69 Å². The van der Waals surface area contributed by atoms with E-state index in [1.165, 1.54) is 34.6 Å². The lowest BCUT2D eigenvalue weighted by atomic mass is 10.2. The van der Waals surface area contributed by atoms with Crippen molar-refractivity contribution in [2.24, 2.45) is 7.05 Å². The van der Waals surface area contributed by atoms with Crippen molar-refractivity contribution in [3.63, 3.8) is 0 Å². The van der Waals surface area contributed by atoms with Crippen molar-refractivity contribution < 1.29 is 4.92 Å². The van der Waals surface area contributed by atoms with E-state index in [1.807, 2.05) is 0 Å². The maximum atomic E-state index is 11.8. The van der Waals surface area contributed by atoms with Crippen LogP contribution in [-0.2, 0) is 13.6 Å². The van der Waals surface area contributed by atoms with E-state index in [0.29, 0.717) is 10.0 Å². The summed E-state index contributed by atoms with van der Waals surface area (Å²) < 4.78 is 2.76. The molecule has 0 aliphatic heterocycles. The van der Waals surface area contributed by atoms with Crippen LogP contribution in [0.2, 0.25) is 0 Å². The third-order valence-corrected chi connectivity index (χ3v) is 3.47. The molecule has 0 N–H and O–H groups in total. The van der Waals surface area contributed by atoms with Crippen molar-refractivity contribution in [2.75, 3.05) is 0 Å². The van der Waals surface area contributed by atoms with Gasteiger partial charge in [0.25, 0.3) is 5.69 Å². The van der Waals surface area contributed by atoms with Gasteiger partial charge in [-0.05, 0) is 27.6 Å². The van der Waals surface area contributed by atoms with Gasteiger partial charge in [0, 0.05) is 25.5 Å². The minimum Gasteiger partial charge on any atom is -0.312 e. The average Bonchev–Trinajstić information content (AvgIpc) is 2.41. The average molecular weight is 340 g/mol. The molecule has 2 rings (SSSR count). The molecule has 0 atom stereocenters. The third kappa shape index (κ3) is 2.69. The molecule has 7 nitrogen and oxygen atoms in total. The Bertz CT molecular complexity index is 794. The Labute approximate surface area is 121 Å². The first-order valence-corrected chi connectivity index (χ1v) is 6.38. The van der Waals surface area contributed by atoms with E-state index in [9.17, 15) is 19.7 Å². The monoisotopic (exact) mass is 339 g/mol. The molecule has 0 saturated heterocycles.